The van der Waals surface area contributed by atoms with Gasteiger partial charge in [0.2, 0.25) is 5.78 Å². The van der Waals surface area contributed by atoms with Gasteiger partial charge in [-0.25, -0.2) is 0 Å². The first kappa shape index (κ1) is 35.6. The highest BCUT2D eigenvalue weighted by molar-refractivity contribution is 6.31. The number of methoxy groups -OCH3 is 1. The summed E-state index contributed by atoms with van der Waals surface area (Å²) in [5.74, 6) is -2.67. The van der Waals surface area contributed by atoms with Crippen molar-refractivity contribution in [1.29, 1.82) is 0 Å². The number of ketones is 2. The van der Waals surface area contributed by atoms with Crippen LogP contribution in [0.2, 0.25) is 0 Å². The molecule has 0 spiro atoms. The molecule has 0 aromatic heterocycles. The predicted molar refractivity (Wildman–Crippen MR) is 169 cm³/mol. The van der Waals surface area contributed by atoms with E-state index in [9.17, 15) is 40.2 Å². The van der Waals surface area contributed by atoms with Gasteiger partial charge in [-0.2, -0.15) is 0 Å². The molecular weight excluding hydrogens is 630 g/mol. The maximum absolute atomic E-state index is 13.9. The maximum atomic E-state index is 13.9. The zero-order valence-corrected chi connectivity index (χ0v) is 27.4. The second-order valence-electron chi connectivity index (χ2n) is 13.2. The van der Waals surface area contributed by atoms with Crippen molar-refractivity contribution in [1.82, 2.24) is 0 Å². The fourth-order valence-corrected chi connectivity index (χ4v) is 6.67. The number of quaternary nitrogens is 1. The van der Waals surface area contributed by atoms with Gasteiger partial charge in [0.15, 0.2) is 18.7 Å². The number of hydrogen-bond acceptors (Lipinski definition) is 14. The van der Waals surface area contributed by atoms with Gasteiger partial charge in [-0.15, -0.1) is 0 Å². The highest BCUT2D eigenvalue weighted by Gasteiger charge is 2.49. The molecule has 2 aromatic rings. The Kier molecular flexibility index (Phi) is 10.2. The number of ether oxygens (including phenoxy) is 3. The van der Waals surface area contributed by atoms with Gasteiger partial charge in [-0.1, -0.05) is 17.3 Å². The third-order valence-corrected chi connectivity index (χ3v) is 9.50. The van der Waals surface area contributed by atoms with E-state index in [4.69, 9.17) is 24.8 Å². The number of aromatic hydroxyl groups is 2. The molecule has 6 atom stereocenters. The summed E-state index contributed by atoms with van der Waals surface area (Å²) in [6, 6.07) is 3.70. The van der Waals surface area contributed by atoms with Crippen molar-refractivity contribution < 1.29 is 63.8 Å². The van der Waals surface area contributed by atoms with Crippen LogP contribution in [0.5, 0.6) is 17.2 Å². The summed E-state index contributed by atoms with van der Waals surface area (Å²) < 4.78 is 17.9. The van der Waals surface area contributed by atoms with E-state index in [1.54, 1.807) is 6.92 Å². The summed E-state index contributed by atoms with van der Waals surface area (Å²) in [7, 11) is 5.11. The molecule has 2 aliphatic carbocycles. The minimum atomic E-state index is -2.04. The number of likely N-dealkylation sites (N-methyl/N-ethyl adjacent to an activating group) is 1. The van der Waals surface area contributed by atoms with Crippen molar-refractivity contribution in [2.75, 3.05) is 54.1 Å². The van der Waals surface area contributed by atoms with Gasteiger partial charge in [0.1, 0.15) is 41.7 Å². The second-order valence-corrected chi connectivity index (χ2v) is 13.2. The van der Waals surface area contributed by atoms with E-state index in [1.165, 1.54) is 25.3 Å². The number of phenols is 2. The Morgan fingerprint density at radius 1 is 1.10 bits per heavy atom. The summed E-state index contributed by atoms with van der Waals surface area (Å²) in [5, 5.41) is 69.6. The molecule has 1 aliphatic heterocycles. The lowest BCUT2D eigenvalue weighted by atomic mass is 9.71. The first-order valence-electron chi connectivity index (χ1n) is 15.7. The summed E-state index contributed by atoms with van der Waals surface area (Å²) in [5.41, 5.74) is 2.70. The van der Waals surface area contributed by atoms with Gasteiger partial charge in [-0.05, 0) is 13.0 Å². The Bertz CT molecular complexity index is 1600. The first-order chi connectivity index (χ1) is 22.7. The van der Waals surface area contributed by atoms with Crippen LogP contribution in [0.3, 0.4) is 0 Å². The van der Waals surface area contributed by atoms with E-state index in [1.807, 2.05) is 14.1 Å². The number of carbonyl (C=O) groups is 2. The van der Waals surface area contributed by atoms with Crippen LogP contribution in [-0.4, -0.2) is 137 Å². The molecule has 1 unspecified atom stereocenters. The Morgan fingerprint density at radius 2 is 1.81 bits per heavy atom. The summed E-state index contributed by atoms with van der Waals surface area (Å²) >= 11 is 0. The van der Waals surface area contributed by atoms with Gasteiger partial charge in [-0.3, -0.25) is 9.59 Å². The summed E-state index contributed by atoms with van der Waals surface area (Å²) in [4.78, 5) is 33.2. The minimum absolute atomic E-state index is 0.0284. The third-order valence-electron chi connectivity index (χ3n) is 9.50. The van der Waals surface area contributed by atoms with Crippen LogP contribution in [0.25, 0.3) is 0 Å². The van der Waals surface area contributed by atoms with Crippen molar-refractivity contribution in [3.8, 4) is 17.2 Å². The van der Waals surface area contributed by atoms with Crippen LogP contribution in [0.15, 0.2) is 23.4 Å². The van der Waals surface area contributed by atoms with Crippen molar-refractivity contribution in [3.05, 3.63) is 51.6 Å². The first-order valence-corrected chi connectivity index (χ1v) is 15.7. The van der Waals surface area contributed by atoms with E-state index in [0.29, 0.717) is 17.6 Å². The standard InChI is InChI=1S/C33H43N3O12/c1-16-28(39)19(34)12-23(47-16)48-21-14-33(44,22(15-38)35-46-11-9-36(2,3)8-10-37)13-18-25(21)32(43)27-26(30(18)41)29(40)17-6-5-7-20(45-4)24(17)31(27)42/h5-7,16,19,21,23,28,37-39,44H,8-15,34H2,1-4H3,(H-,40,41,42,43)/p+1/b35-22+/t16-,19-,21-,23?,28+,33+/m0/s1. The lowest BCUT2D eigenvalue weighted by Crippen LogP contribution is -2.53. The van der Waals surface area contributed by atoms with Crippen molar-refractivity contribution in [2.45, 2.75) is 62.4 Å². The molecule has 0 bridgehead atoms. The van der Waals surface area contributed by atoms with Crippen LogP contribution in [0.4, 0.5) is 0 Å². The van der Waals surface area contributed by atoms with Crippen LogP contribution in [0.1, 0.15) is 68.8 Å². The van der Waals surface area contributed by atoms with E-state index < -0.39 is 83.5 Å². The zero-order valence-electron chi connectivity index (χ0n) is 27.4. The Hall–Kier alpha value is -3.67. The van der Waals surface area contributed by atoms with E-state index in [2.05, 4.69) is 5.16 Å². The quantitative estimate of drug-likeness (QED) is 0.0463. The average molecular weight is 675 g/mol. The number of rotatable bonds is 11. The SMILES string of the molecule is COc1cccc2c1C(=O)c1c(O)c3c(c(O)c1C2=O)C[C@](O)(/C(CO)=N/OCC[N+](C)(C)CCO)C[C@@H]3OC1C[C@H](N)[C@H](O)[C@H](C)O1. The number of aliphatic hydroxyl groups is 4. The predicted octanol–water partition coefficient (Wildman–Crippen LogP) is -0.126. The van der Waals surface area contributed by atoms with Crippen molar-refractivity contribution >= 4 is 17.3 Å². The number of carbonyl (C=O) groups excluding carboxylic acids is 2. The van der Waals surface area contributed by atoms with Crippen molar-refractivity contribution in [2.24, 2.45) is 10.9 Å². The van der Waals surface area contributed by atoms with Gasteiger partial charge >= 0.3 is 0 Å². The molecule has 262 valence electrons. The van der Waals surface area contributed by atoms with Gasteiger partial charge in [0, 0.05) is 42.0 Å². The van der Waals surface area contributed by atoms with E-state index in [0.717, 1.165) is 0 Å². The number of oxime groups is 1. The van der Waals surface area contributed by atoms with Crippen molar-refractivity contribution in [3.63, 3.8) is 0 Å². The molecule has 1 heterocycles. The number of aliphatic hydroxyl groups excluding tert-OH is 3. The average Bonchev–Trinajstić information content (AvgIpc) is 3.03. The smallest absolute Gasteiger partial charge is 0.202 e. The fraction of sp³-hybridized carbons (Fsp3) is 0.545. The van der Waals surface area contributed by atoms with Crippen LogP contribution < -0.4 is 10.5 Å². The molecule has 8 N–H and O–H groups in total. The number of nitrogens with two attached hydrogens (primary N) is 1. The molecule has 5 rings (SSSR count). The molecular formula is C33H44N3O12+. The molecule has 15 heteroatoms. The molecule has 0 radical (unpaired) electrons. The Balaban J connectivity index is 1.60. The number of benzene rings is 2. The monoisotopic (exact) mass is 674 g/mol. The lowest BCUT2D eigenvalue weighted by Gasteiger charge is -2.42. The van der Waals surface area contributed by atoms with E-state index >= 15 is 0 Å². The molecule has 15 nitrogen and oxygen atoms in total. The minimum Gasteiger partial charge on any atom is -0.507 e. The van der Waals surface area contributed by atoms with Crippen LogP contribution in [-0.2, 0) is 20.7 Å². The molecule has 1 fully saturated rings. The molecule has 2 aromatic carbocycles. The third kappa shape index (κ3) is 6.40. The number of hydrogen-bond donors (Lipinski definition) is 7. The number of phenolic OH excluding ortho intramolecular Hbond substituents is 2. The van der Waals surface area contributed by atoms with Gasteiger partial charge < -0.3 is 59.9 Å². The highest BCUT2D eigenvalue weighted by atomic mass is 16.7. The second kappa shape index (κ2) is 13.7. The summed E-state index contributed by atoms with van der Waals surface area (Å²) in [6.07, 6.45) is -4.83. The van der Waals surface area contributed by atoms with Crippen LogP contribution >= 0.6 is 0 Å². The Morgan fingerprint density at radius 3 is 2.46 bits per heavy atom. The molecule has 48 heavy (non-hydrogen) atoms. The highest BCUT2D eigenvalue weighted by Crippen LogP contribution is 2.52. The number of nitrogens with zero attached hydrogens (tertiary/aromatic N) is 2. The number of fused-ring (bicyclic) bond motifs is 3. The maximum Gasteiger partial charge on any atom is 0.202 e. The zero-order chi connectivity index (χ0) is 35.1. The molecule has 0 saturated carbocycles. The molecule has 1 saturated heterocycles. The molecule has 0 amide bonds. The lowest BCUT2D eigenvalue weighted by molar-refractivity contribution is -0.891. The van der Waals surface area contributed by atoms with E-state index in [-0.39, 0.29) is 59.8 Å². The largest absolute Gasteiger partial charge is 0.507 e. The van der Waals surface area contributed by atoms with Gasteiger partial charge in [0.05, 0.1) is 69.4 Å². The normalized spacial score (nSPS) is 27.3. The topological polar surface area (TPSA) is 231 Å². The summed E-state index contributed by atoms with van der Waals surface area (Å²) in [6.45, 7) is 1.81. The fourth-order valence-electron chi connectivity index (χ4n) is 6.67. The van der Waals surface area contributed by atoms with Crippen LogP contribution in [0, 0.1) is 0 Å². The Labute approximate surface area is 277 Å². The molecule has 3 aliphatic rings. The van der Waals surface area contributed by atoms with Gasteiger partial charge in [0.25, 0.3) is 0 Å².